The molecule has 0 fully saturated rings. The zero-order valence-corrected chi connectivity index (χ0v) is 7.89. The van der Waals surface area contributed by atoms with Crippen LogP contribution in [0.25, 0.3) is 12.2 Å². The summed E-state index contributed by atoms with van der Waals surface area (Å²) in [4.78, 5) is 10.5. The topological polar surface area (TPSA) is 76.2 Å². The van der Waals surface area contributed by atoms with Crippen molar-refractivity contribution in [2.24, 2.45) is 0 Å². The van der Waals surface area contributed by atoms with Gasteiger partial charge in [-0.3, -0.25) is 0 Å². The molecular formula is C9H10N2O3. The molecule has 0 aromatic carbocycles. The van der Waals surface area contributed by atoms with Gasteiger partial charge >= 0.3 is 5.97 Å². The standard InChI is InChI=1S/C9H10N2O3/c1-3-4-7-8(11-14-10-7)5-6(2)9(12)13/h3-5H,1-2H3,(H,12,13)/b4-3-,6-5+. The molecule has 0 spiro atoms. The van der Waals surface area contributed by atoms with Gasteiger partial charge in [0.25, 0.3) is 0 Å². The zero-order valence-electron chi connectivity index (χ0n) is 7.89. The second-order valence-corrected chi connectivity index (χ2v) is 2.67. The summed E-state index contributed by atoms with van der Waals surface area (Å²) < 4.78 is 4.49. The molecule has 1 heterocycles. The molecule has 1 aromatic rings. The van der Waals surface area contributed by atoms with Gasteiger partial charge in [-0.25, -0.2) is 9.42 Å². The first-order valence-corrected chi connectivity index (χ1v) is 4.02. The molecule has 0 saturated heterocycles. The van der Waals surface area contributed by atoms with Crippen molar-refractivity contribution in [1.82, 2.24) is 10.3 Å². The number of hydrogen-bond donors (Lipinski definition) is 1. The van der Waals surface area contributed by atoms with E-state index in [-0.39, 0.29) is 5.57 Å². The lowest BCUT2D eigenvalue weighted by Crippen LogP contribution is -1.95. The van der Waals surface area contributed by atoms with E-state index >= 15 is 0 Å². The van der Waals surface area contributed by atoms with Gasteiger partial charge in [-0.15, -0.1) is 0 Å². The minimum Gasteiger partial charge on any atom is -0.478 e. The fraction of sp³-hybridized carbons (Fsp3) is 0.222. The van der Waals surface area contributed by atoms with Crippen LogP contribution in [0.2, 0.25) is 0 Å². The number of nitrogens with zero attached hydrogens (tertiary/aromatic N) is 2. The molecule has 0 saturated carbocycles. The van der Waals surface area contributed by atoms with Gasteiger partial charge in [-0.05, 0) is 36.3 Å². The first-order valence-electron chi connectivity index (χ1n) is 4.02. The van der Waals surface area contributed by atoms with Crippen LogP contribution in [0.1, 0.15) is 25.2 Å². The molecular weight excluding hydrogens is 184 g/mol. The van der Waals surface area contributed by atoms with Gasteiger partial charge < -0.3 is 5.11 Å². The third-order valence-corrected chi connectivity index (χ3v) is 1.56. The predicted octanol–water partition coefficient (Wildman–Crippen LogP) is 1.59. The Balaban J connectivity index is 3.02. The Hall–Kier alpha value is -1.91. The number of aromatic nitrogens is 2. The van der Waals surface area contributed by atoms with Crippen LogP contribution in [0, 0.1) is 0 Å². The van der Waals surface area contributed by atoms with Gasteiger partial charge in [0.2, 0.25) is 0 Å². The maximum atomic E-state index is 10.5. The smallest absolute Gasteiger partial charge is 0.331 e. The van der Waals surface area contributed by atoms with Gasteiger partial charge in [0.05, 0.1) is 0 Å². The Bertz CT molecular complexity index is 391. The fourth-order valence-electron chi connectivity index (χ4n) is 0.843. The summed E-state index contributed by atoms with van der Waals surface area (Å²) in [5.41, 5.74) is 1.13. The Morgan fingerprint density at radius 2 is 2.07 bits per heavy atom. The number of hydrogen-bond acceptors (Lipinski definition) is 4. The Kier molecular flexibility index (Phi) is 3.17. The molecule has 0 amide bonds. The average molecular weight is 194 g/mol. The van der Waals surface area contributed by atoms with E-state index in [0.717, 1.165) is 0 Å². The number of rotatable bonds is 3. The van der Waals surface area contributed by atoms with E-state index in [1.54, 1.807) is 12.2 Å². The van der Waals surface area contributed by atoms with Crippen LogP contribution in [0.4, 0.5) is 0 Å². The largest absolute Gasteiger partial charge is 0.478 e. The molecule has 0 bridgehead atoms. The maximum Gasteiger partial charge on any atom is 0.331 e. The quantitative estimate of drug-likeness (QED) is 0.739. The van der Waals surface area contributed by atoms with Crippen LogP contribution >= 0.6 is 0 Å². The number of carboxylic acid groups (broad SMARTS) is 1. The fourth-order valence-corrected chi connectivity index (χ4v) is 0.843. The van der Waals surface area contributed by atoms with Gasteiger partial charge in [-0.1, -0.05) is 6.08 Å². The highest BCUT2D eigenvalue weighted by Gasteiger charge is 2.06. The molecule has 74 valence electrons. The summed E-state index contributed by atoms with van der Waals surface area (Å²) in [6.07, 6.45) is 4.87. The molecule has 1 N–H and O–H groups in total. The van der Waals surface area contributed by atoms with E-state index in [1.165, 1.54) is 13.0 Å². The lowest BCUT2D eigenvalue weighted by molar-refractivity contribution is -0.132. The molecule has 5 nitrogen and oxygen atoms in total. The SMILES string of the molecule is C/C=C\c1nonc1/C=C(\C)C(=O)O. The second-order valence-electron chi connectivity index (χ2n) is 2.67. The zero-order chi connectivity index (χ0) is 10.6. The minimum absolute atomic E-state index is 0.187. The Labute approximate surface area is 80.7 Å². The molecule has 1 rings (SSSR count). The summed E-state index contributed by atoms with van der Waals surface area (Å²) in [6, 6.07) is 0. The van der Waals surface area contributed by atoms with Crippen molar-refractivity contribution in [2.75, 3.05) is 0 Å². The van der Waals surface area contributed by atoms with Crippen molar-refractivity contribution in [3.8, 4) is 0 Å². The summed E-state index contributed by atoms with van der Waals surface area (Å²) in [5.74, 6) is -0.987. The van der Waals surface area contributed by atoms with E-state index < -0.39 is 5.97 Å². The molecule has 0 atom stereocenters. The molecule has 1 aromatic heterocycles. The average Bonchev–Trinajstić information content (AvgIpc) is 2.53. The molecule has 0 aliphatic rings. The monoisotopic (exact) mass is 194 g/mol. The van der Waals surface area contributed by atoms with Crippen molar-refractivity contribution >= 4 is 18.1 Å². The first-order chi connectivity index (χ1) is 6.65. The normalized spacial score (nSPS) is 12.3. The van der Waals surface area contributed by atoms with Crippen molar-refractivity contribution in [3.63, 3.8) is 0 Å². The lowest BCUT2D eigenvalue weighted by Gasteiger charge is -1.90. The molecule has 5 heteroatoms. The van der Waals surface area contributed by atoms with E-state index in [4.69, 9.17) is 5.11 Å². The summed E-state index contributed by atoms with van der Waals surface area (Å²) in [5, 5.41) is 15.8. The van der Waals surface area contributed by atoms with Crippen LogP contribution < -0.4 is 0 Å². The summed E-state index contributed by atoms with van der Waals surface area (Å²) in [7, 11) is 0. The van der Waals surface area contributed by atoms with Crippen molar-refractivity contribution < 1.29 is 14.5 Å². The highest BCUT2D eigenvalue weighted by Crippen LogP contribution is 2.10. The van der Waals surface area contributed by atoms with E-state index in [0.29, 0.717) is 11.4 Å². The molecule has 0 aliphatic heterocycles. The maximum absolute atomic E-state index is 10.5. The second kappa shape index (κ2) is 4.36. The number of carboxylic acids is 1. The van der Waals surface area contributed by atoms with Gasteiger partial charge in [0, 0.05) is 5.57 Å². The number of allylic oxidation sites excluding steroid dienone is 1. The third-order valence-electron chi connectivity index (χ3n) is 1.56. The molecule has 14 heavy (non-hydrogen) atoms. The molecule has 0 unspecified atom stereocenters. The first kappa shape index (κ1) is 10.2. The van der Waals surface area contributed by atoms with Crippen LogP contribution in [0.15, 0.2) is 16.3 Å². The van der Waals surface area contributed by atoms with E-state index in [2.05, 4.69) is 14.9 Å². The Morgan fingerprint density at radius 3 is 2.64 bits per heavy atom. The van der Waals surface area contributed by atoms with Gasteiger partial charge in [-0.2, -0.15) is 0 Å². The van der Waals surface area contributed by atoms with Crippen LogP contribution in [0.3, 0.4) is 0 Å². The lowest BCUT2D eigenvalue weighted by atomic mass is 10.2. The predicted molar refractivity (Wildman–Crippen MR) is 50.3 cm³/mol. The van der Waals surface area contributed by atoms with Crippen LogP contribution in [-0.2, 0) is 4.79 Å². The highest BCUT2D eigenvalue weighted by atomic mass is 16.6. The summed E-state index contributed by atoms with van der Waals surface area (Å²) in [6.45, 7) is 3.31. The molecule has 0 aliphatic carbocycles. The van der Waals surface area contributed by atoms with Crippen LogP contribution in [-0.4, -0.2) is 21.4 Å². The number of carbonyl (C=O) groups is 1. The number of aliphatic carboxylic acids is 1. The van der Waals surface area contributed by atoms with Crippen molar-refractivity contribution in [1.29, 1.82) is 0 Å². The third kappa shape index (κ3) is 2.29. The van der Waals surface area contributed by atoms with Gasteiger partial charge in [0.15, 0.2) is 0 Å². The summed E-state index contributed by atoms with van der Waals surface area (Å²) >= 11 is 0. The van der Waals surface area contributed by atoms with Crippen LogP contribution in [0.5, 0.6) is 0 Å². The Morgan fingerprint density at radius 1 is 1.43 bits per heavy atom. The van der Waals surface area contributed by atoms with Gasteiger partial charge in [0.1, 0.15) is 11.4 Å². The van der Waals surface area contributed by atoms with E-state index in [9.17, 15) is 4.79 Å². The minimum atomic E-state index is -0.987. The highest BCUT2D eigenvalue weighted by molar-refractivity contribution is 5.91. The van der Waals surface area contributed by atoms with E-state index in [1.807, 2.05) is 6.92 Å². The van der Waals surface area contributed by atoms with Crippen molar-refractivity contribution in [3.05, 3.63) is 23.0 Å². The molecule has 0 radical (unpaired) electrons. The van der Waals surface area contributed by atoms with Crippen molar-refractivity contribution in [2.45, 2.75) is 13.8 Å².